The molecule has 0 atom stereocenters. The molecule has 2 amide bonds. The lowest BCUT2D eigenvalue weighted by Gasteiger charge is -1.85. The first-order valence-corrected chi connectivity index (χ1v) is 2.82. The van der Waals surface area contributed by atoms with Crippen LogP contribution in [0.15, 0.2) is 22.7 Å². The molecule has 0 unspecified atom stereocenters. The molecule has 0 saturated carbocycles. The first-order chi connectivity index (χ1) is 5.24. The summed E-state index contributed by atoms with van der Waals surface area (Å²) in [5, 5.41) is 3.39. The Bertz CT molecular complexity index is 278. The molecule has 1 N–H and O–H groups in total. The maximum atomic E-state index is 10.7. The number of carbonyl (C=O) groups excluding carboxylic acids is 2. The van der Waals surface area contributed by atoms with Crippen LogP contribution in [0.1, 0.15) is 0 Å². The van der Waals surface area contributed by atoms with Crippen LogP contribution in [0.2, 0.25) is 0 Å². The van der Waals surface area contributed by atoms with Gasteiger partial charge in [-0.15, -0.1) is 0 Å². The molecule has 11 heavy (non-hydrogen) atoms. The van der Waals surface area contributed by atoms with E-state index in [1.165, 1.54) is 6.21 Å². The molecule has 0 saturated heterocycles. The van der Waals surface area contributed by atoms with E-state index in [2.05, 4.69) is 22.1 Å². The van der Waals surface area contributed by atoms with Crippen LogP contribution in [0, 0.1) is 0 Å². The van der Waals surface area contributed by atoms with Gasteiger partial charge in [-0.05, 0) is 6.08 Å². The van der Waals surface area contributed by atoms with E-state index in [1.807, 2.05) is 0 Å². The van der Waals surface area contributed by atoms with Gasteiger partial charge in [0.25, 0.3) is 11.8 Å². The van der Waals surface area contributed by atoms with Crippen molar-refractivity contribution in [2.75, 3.05) is 0 Å². The Morgan fingerprint density at radius 2 is 2.55 bits per heavy atom. The molecule has 5 heteroatoms. The predicted molar refractivity (Wildman–Crippen MR) is 39.3 cm³/mol. The number of hydrogen-bond acceptors (Lipinski definition) is 3. The summed E-state index contributed by atoms with van der Waals surface area (Å²) in [7, 11) is 0. The van der Waals surface area contributed by atoms with Crippen molar-refractivity contribution < 1.29 is 9.59 Å². The Hall–Kier alpha value is -1.78. The highest BCUT2D eigenvalue weighted by molar-refractivity contribution is 6.63. The zero-order valence-corrected chi connectivity index (χ0v) is 5.57. The zero-order valence-electron chi connectivity index (χ0n) is 5.57. The van der Waals surface area contributed by atoms with Crippen LogP contribution >= 0.6 is 0 Å². The van der Waals surface area contributed by atoms with Gasteiger partial charge in [0.2, 0.25) is 0 Å². The first-order valence-electron chi connectivity index (χ1n) is 2.82. The number of carbonyl (C=O) groups is 2. The van der Waals surface area contributed by atoms with E-state index in [4.69, 9.17) is 0 Å². The van der Waals surface area contributed by atoms with Gasteiger partial charge < -0.3 is 0 Å². The number of hydrazone groups is 1. The van der Waals surface area contributed by atoms with Crippen LogP contribution in [-0.2, 0) is 9.59 Å². The third-order valence-electron chi connectivity index (χ3n) is 0.991. The van der Waals surface area contributed by atoms with Crippen molar-refractivity contribution in [3.63, 3.8) is 0 Å². The summed E-state index contributed by atoms with van der Waals surface area (Å²) in [4.78, 5) is 24.6. The number of nitrogens with zero attached hydrogens (tertiary/aromatic N) is 2. The topological polar surface area (TPSA) is 70.9 Å². The summed E-state index contributed by atoms with van der Waals surface area (Å²) in [5.74, 6) is -1.02. The maximum Gasteiger partial charge on any atom is 0.291 e. The van der Waals surface area contributed by atoms with Crippen LogP contribution in [-0.4, -0.2) is 23.7 Å². The number of hydrogen-bond donors (Lipinski definition) is 1. The maximum absolute atomic E-state index is 10.7. The van der Waals surface area contributed by atoms with E-state index in [0.29, 0.717) is 0 Å². The van der Waals surface area contributed by atoms with Crippen molar-refractivity contribution in [2.24, 2.45) is 10.1 Å². The standard InChI is InChI=1S/C6H5N3O2/c1-2-5(10)8-4-3-7-9-6(4)11/h2-3H,1H2,(H,8,9,10,11). The normalized spacial score (nSPS) is 18.5. The van der Waals surface area contributed by atoms with Gasteiger partial charge in [-0.3, -0.25) is 9.59 Å². The van der Waals surface area contributed by atoms with Gasteiger partial charge in [-0.1, -0.05) is 6.58 Å². The zero-order chi connectivity index (χ0) is 8.27. The third kappa shape index (κ3) is 1.57. The van der Waals surface area contributed by atoms with Crippen molar-refractivity contribution in [3.8, 4) is 0 Å². The van der Waals surface area contributed by atoms with Crippen molar-refractivity contribution in [1.82, 2.24) is 5.43 Å². The average Bonchev–Trinajstić information content (AvgIpc) is 2.37. The molecule has 1 heterocycles. The lowest BCUT2D eigenvalue weighted by molar-refractivity contribution is -0.116. The lowest BCUT2D eigenvalue weighted by atomic mass is 10.4. The minimum Gasteiger partial charge on any atom is -0.267 e. The van der Waals surface area contributed by atoms with Crippen LogP contribution in [0.4, 0.5) is 0 Å². The van der Waals surface area contributed by atoms with E-state index in [-0.39, 0.29) is 5.71 Å². The Labute approximate surface area is 62.5 Å². The molecule has 0 aliphatic carbocycles. The van der Waals surface area contributed by atoms with Crippen molar-refractivity contribution in [3.05, 3.63) is 12.7 Å². The van der Waals surface area contributed by atoms with E-state index in [1.54, 1.807) is 0 Å². The van der Waals surface area contributed by atoms with E-state index < -0.39 is 11.8 Å². The molecular formula is C6H5N3O2. The lowest BCUT2D eigenvalue weighted by Crippen LogP contribution is -2.20. The van der Waals surface area contributed by atoms with Crippen LogP contribution < -0.4 is 5.43 Å². The summed E-state index contributed by atoms with van der Waals surface area (Å²) in [6.07, 6.45) is 2.20. The summed E-state index contributed by atoms with van der Waals surface area (Å²) < 4.78 is 0. The predicted octanol–water partition coefficient (Wildman–Crippen LogP) is -0.744. The second kappa shape index (κ2) is 2.87. The number of rotatable bonds is 1. The van der Waals surface area contributed by atoms with Crippen molar-refractivity contribution >= 4 is 23.7 Å². The van der Waals surface area contributed by atoms with Crippen molar-refractivity contribution in [2.45, 2.75) is 0 Å². The number of amides is 2. The third-order valence-corrected chi connectivity index (χ3v) is 0.991. The molecule has 1 aliphatic rings. The van der Waals surface area contributed by atoms with Gasteiger partial charge in [0.1, 0.15) is 0 Å². The summed E-state index contributed by atoms with van der Waals surface area (Å²) >= 11 is 0. The molecule has 0 fully saturated rings. The second-order valence-corrected chi connectivity index (χ2v) is 1.74. The van der Waals surface area contributed by atoms with E-state index >= 15 is 0 Å². The SMILES string of the molecule is C=CC(=O)N=C1C=NNC1=O. The van der Waals surface area contributed by atoms with Gasteiger partial charge in [-0.25, -0.2) is 10.4 Å². The Kier molecular flexibility index (Phi) is 1.91. The van der Waals surface area contributed by atoms with Gasteiger partial charge in [-0.2, -0.15) is 5.10 Å². The highest BCUT2D eigenvalue weighted by Crippen LogP contribution is 1.86. The molecule has 0 aromatic rings. The van der Waals surface area contributed by atoms with Gasteiger partial charge in [0.15, 0.2) is 5.71 Å². The van der Waals surface area contributed by atoms with Crippen LogP contribution in [0.25, 0.3) is 0 Å². The quantitative estimate of drug-likeness (QED) is 0.501. The summed E-state index contributed by atoms with van der Waals surface area (Å²) in [6, 6.07) is 0. The van der Waals surface area contributed by atoms with Gasteiger partial charge in [0.05, 0.1) is 6.21 Å². The molecule has 1 rings (SSSR count). The molecule has 1 aliphatic heterocycles. The Balaban J connectivity index is 2.81. The van der Waals surface area contributed by atoms with Gasteiger partial charge in [0, 0.05) is 0 Å². The van der Waals surface area contributed by atoms with Gasteiger partial charge >= 0.3 is 0 Å². The second-order valence-electron chi connectivity index (χ2n) is 1.74. The van der Waals surface area contributed by atoms with Crippen LogP contribution in [0.3, 0.4) is 0 Å². The molecule has 56 valence electrons. The molecule has 0 spiro atoms. The average molecular weight is 151 g/mol. The fourth-order valence-corrected chi connectivity index (χ4v) is 0.512. The fourth-order valence-electron chi connectivity index (χ4n) is 0.512. The Morgan fingerprint density at radius 1 is 1.82 bits per heavy atom. The highest BCUT2D eigenvalue weighted by Gasteiger charge is 2.14. The summed E-state index contributed by atoms with van der Waals surface area (Å²) in [6.45, 7) is 3.19. The highest BCUT2D eigenvalue weighted by atomic mass is 16.2. The largest absolute Gasteiger partial charge is 0.291 e. The number of aliphatic imine (C=N–C) groups is 1. The minimum atomic E-state index is -0.552. The fraction of sp³-hybridized carbons (Fsp3) is 0. The molecule has 0 aromatic heterocycles. The first kappa shape index (κ1) is 7.33. The monoisotopic (exact) mass is 151 g/mol. The minimum absolute atomic E-state index is 0.00917. The molecule has 0 bridgehead atoms. The van der Waals surface area contributed by atoms with E-state index in [9.17, 15) is 9.59 Å². The molecule has 0 aromatic carbocycles. The molecule has 5 nitrogen and oxygen atoms in total. The Morgan fingerprint density at radius 3 is 3.00 bits per heavy atom. The van der Waals surface area contributed by atoms with Crippen LogP contribution in [0.5, 0.6) is 0 Å². The molecule has 0 radical (unpaired) electrons. The smallest absolute Gasteiger partial charge is 0.267 e. The van der Waals surface area contributed by atoms with Crippen molar-refractivity contribution in [1.29, 1.82) is 0 Å². The molecular weight excluding hydrogens is 146 g/mol. The number of nitrogens with one attached hydrogen (secondary N) is 1. The summed E-state index contributed by atoms with van der Waals surface area (Å²) in [5.41, 5.74) is 2.12. The van der Waals surface area contributed by atoms with E-state index in [0.717, 1.165) is 6.08 Å².